The van der Waals surface area contributed by atoms with Crippen LogP contribution in [0.5, 0.6) is 0 Å². The molecule has 0 aliphatic rings. The lowest BCUT2D eigenvalue weighted by Crippen LogP contribution is -2.40. The Kier molecular flexibility index (Phi) is 9.49. The maximum Gasteiger partial charge on any atom is 0.309 e. The van der Waals surface area contributed by atoms with Gasteiger partial charge in [0.25, 0.3) is 15.9 Å². The van der Waals surface area contributed by atoms with Crippen LogP contribution in [0.3, 0.4) is 0 Å². The first kappa shape index (κ1) is 29.0. The second kappa shape index (κ2) is 13.4. The number of carbonyl (C=O) groups excluding carboxylic acids is 3. The number of amides is 3. The van der Waals surface area contributed by atoms with Crippen LogP contribution in [-0.4, -0.2) is 32.7 Å². The van der Waals surface area contributed by atoms with Crippen LogP contribution in [0.1, 0.15) is 34.5 Å². The minimum absolute atomic E-state index is 0.0519. The van der Waals surface area contributed by atoms with Crippen LogP contribution in [0.15, 0.2) is 109 Å². The Morgan fingerprint density at radius 3 is 2.24 bits per heavy atom. The first-order chi connectivity index (χ1) is 19.7. The lowest BCUT2D eigenvalue weighted by Gasteiger charge is -2.18. The molecular weight excluding hydrogens is 540 g/mol. The van der Waals surface area contributed by atoms with Crippen molar-refractivity contribution < 1.29 is 22.8 Å². The van der Waals surface area contributed by atoms with Gasteiger partial charge in [-0.05, 0) is 47.0 Å². The Morgan fingerprint density at radius 2 is 1.44 bits per heavy atom. The summed E-state index contributed by atoms with van der Waals surface area (Å²) in [5, 5.41) is 10.9. The van der Waals surface area contributed by atoms with Crippen molar-refractivity contribution in [2.75, 3.05) is 11.3 Å². The fraction of sp³-hybridized carbons (Fsp3) is 0.129. The standard InChI is InChI=1S/C31H30N4O5S/c1-22(26-18-9-13-23-11-5-7-16-27(23)26)34-29(36)28-17-8-6-12-24(28)21-33-31(38)30(37)32-19-10-20-41(39,40)35-25-14-3-2-4-15-25/h2-18,20,22,35H,19,21H2,1H3,(H,32,37)(H,33,38)(H,34,36)/b20-10+/t22-/m1/s1. The Labute approximate surface area is 238 Å². The van der Waals surface area contributed by atoms with Crippen LogP contribution in [0, 0.1) is 0 Å². The highest BCUT2D eigenvalue weighted by Gasteiger charge is 2.18. The monoisotopic (exact) mass is 570 g/mol. The first-order valence-electron chi connectivity index (χ1n) is 12.9. The lowest BCUT2D eigenvalue weighted by atomic mass is 9.99. The van der Waals surface area contributed by atoms with Gasteiger partial charge in [0.15, 0.2) is 0 Å². The molecule has 4 aromatic rings. The number of hydrogen-bond acceptors (Lipinski definition) is 5. The maximum absolute atomic E-state index is 13.2. The van der Waals surface area contributed by atoms with Gasteiger partial charge in [-0.3, -0.25) is 19.1 Å². The minimum Gasteiger partial charge on any atom is -0.345 e. The summed E-state index contributed by atoms with van der Waals surface area (Å²) in [6.07, 6.45) is 1.22. The zero-order chi connectivity index (χ0) is 29.2. The van der Waals surface area contributed by atoms with E-state index in [9.17, 15) is 22.8 Å². The third kappa shape index (κ3) is 8.02. The van der Waals surface area contributed by atoms with Gasteiger partial charge in [-0.25, -0.2) is 8.42 Å². The lowest BCUT2D eigenvalue weighted by molar-refractivity contribution is -0.139. The van der Waals surface area contributed by atoms with Gasteiger partial charge in [-0.15, -0.1) is 0 Å². The average molecular weight is 571 g/mol. The molecule has 0 heterocycles. The highest BCUT2D eigenvalue weighted by atomic mass is 32.2. The van der Waals surface area contributed by atoms with Gasteiger partial charge in [-0.2, -0.15) is 0 Å². The summed E-state index contributed by atoms with van der Waals surface area (Å²) in [7, 11) is -3.77. The molecule has 0 bridgehead atoms. The highest BCUT2D eigenvalue weighted by Crippen LogP contribution is 2.24. The number of rotatable bonds is 10. The molecule has 0 aliphatic heterocycles. The summed E-state index contributed by atoms with van der Waals surface area (Å²) in [4.78, 5) is 37.7. The summed E-state index contributed by atoms with van der Waals surface area (Å²) in [5.74, 6) is -2.16. The number of anilines is 1. The van der Waals surface area contributed by atoms with Crippen LogP contribution in [0.25, 0.3) is 10.8 Å². The van der Waals surface area contributed by atoms with E-state index in [1.807, 2.05) is 49.4 Å². The third-order valence-corrected chi connectivity index (χ3v) is 7.31. The number of nitrogens with one attached hydrogen (secondary N) is 4. The van der Waals surface area contributed by atoms with Crippen molar-refractivity contribution in [3.05, 3.63) is 125 Å². The van der Waals surface area contributed by atoms with Gasteiger partial charge in [0.05, 0.1) is 6.04 Å². The van der Waals surface area contributed by atoms with Gasteiger partial charge < -0.3 is 16.0 Å². The molecule has 0 saturated heterocycles. The van der Waals surface area contributed by atoms with Crippen molar-refractivity contribution in [2.45, 2.75) is 19.5 Å². The summed E-state index contributed by atoms with van der Waals surface area (Å²) < 4.78 is 26.6. The van der Waals surface area contributed by atoms with Gasteiger partial charge >= 0.3 is 11.8 Å². The molecule has 0 aromatic heterocycles. The topological polar surface area (TPSA) is 133 Å². The van der Waals surface area contributed by atoms with E-state index in [0.29, 0.717) is 16.8 Å². The number of sulfonamides is 1. The number of hydrogen-bond donors (Lipinski definition) is 4. The number of para-hydroxylation sites is 1. The van der Waals surface area contributed by atoms with Gasteiger partial charge in [0.1, 0.15) is 0 Å². The molecule has 9 nitrogen and oxygen atoms in total. The van der Waals surface area contributed by atoms with Crippen molar-refractivity contribution in [1.29, 1.82) is 0 Å². The summed E-state index contributed by atoms with van der Waals surface area (Å²) >= 11 is 0. The van der Waals surface area contributed by atoms with Crippen LogP contribution < -0.4 is 20.7 Å². The molecule has 0 spiro atoms. The molecule has 4 rings (SSSR count). The predicted molar refractivity (Wildman–Crippen MR) is 159 cm³/mol. The Bertz CT molecular complexity index is 1680. The average Bonchev–Trinajstić information content (AvgIpc) is 2.98. The number of benzene rings is 4. The largest absolute Gasteiger partial charge is 0.345 e. The molecule has 0 fully saturated rings. The van der Waals surface area contributed by atoms with Crippen LogP contribution in [-0.2, 0) is 26.2 Å². The molecule has 41 heavy (non-hydrogen) atoms. The van der Waals surface area contributed by atoms with E-state index in [4.69, 9.17) is 0 Å². The Morgan fingerprint density at radius 1 is 0.780 bits per heavy atom. The maximum atomic E-state index is 13.2. The summed E-state index contributed by atoms with van der Waals surface area (Å²) in [6.45, 7) is 1.68. The zero-order valence-corrected chi connectivity index (χ0v) is 23.1. The van der Waals surface area contributed by atoms with Gasteiger partial charge in [-0.1, -0.05) is 84.9 Å². The molecule has 0 radical (unpaired) electrons. The fourth-order valence-corrected chi connectivity index (χ4v) is 5.13. The predicted octanol–water partition coefficient (Wildman–Crippen LogP) is 4.02. The summed E-state index contributed by atoms with van der Waals surface area (Å²) in [6, 6.07) is 28.8. The van der Waals surface area contributed by atoms with Crippen LogP contribution >= 0.6 is 0 Å². The van der Waals surface area contributed by atoms with Gasteiger partial charge in [0.2, 0.25) is 0 Å². The van der Waals surface area contributed by atoms with E-state index in [1.54, 1.807) is 54.6 Å². The van der Waals surface area contributed by atoms with Crippen molar-refractivity contribution in [1.82, 2.24) is 16.0 Å². The molecule has 4 aromatic carbocycles. The van der Waals surface area contributed by atoms with Crippen molar-refractivity contribution in [3.8, 4) is 0 Å². The zero-order valence-electron chi connectivity index (χ0n) is 22.3. The minimum atomic E-state index is -3.77. The van der Waals surface area contributed by atoms with Crippen molar-refractivity contribution in [2.24, 2.45) is 0 Å². The molecule has 210 valence electrons. The van der Waals surface area contributed by atoms with Gasteiger partial charge in [0, 0.05) is 29.7 Å². The summed E-state index contributed by atoms with van der Waals surface area (Å²) in [5.41, 5.74) is 2.29. The van der Waals surface area contributed by atoms with E-state index in [0.717, 1.165) is 21.7 Å². The Balaban J connectivity index is 1.30. The molecule has 0 saturated carbocycles. The quantitative estimate of drug-likeness (QED) is 0.214. The fourth-order valence-electron chi connectivity index (χ4n) is 4.24. The van der Waals surface area contributed by atoms with E-state index < -0.39 is 21.8 Å². The second-order valence-electron chi connectivity index (χ2n) is 9.20. The third-order valence-electron chi connectivity index (χ3n) is 6.23. The molecule has 10 heteroatoms. The Hall–Kier alpha value is -4.96. The number of carbonyl (C=O) groups is 3. The van der Waals surface area contributed by atoms with E-state index in [1.165, 1.54) is 6.08 Å². The molecule has 4 N–H and O–H groups in total. The first-order valence-corrected chi connectivity index (χ1v) is 14.4. The molecule has 0 unspecified atom stereocenters. The SMILES string of the molecule is C[C@@H](NC(=O)c1ccccc1CNC(=O)C(=O)NC/C=C/S(=O)(=O)Nc1ccccc1)c1cccc2ccccc12. The number of fused-ring (bicyclic) bond motifs is 1. The highest BCUT2D eigenvalue weighted by molar-refractivity contribution is 7.95. The van der Waals surface area contributed by atoms with Crippen LogP contribution in [0.4, 0.5) is 5.69 Å². The molecule has 1 atom stereocenters. The molecule has 3 amide bonds. The smallest absolute Gasteiger partial charge is 0.309 e. The van der Waals surface area contributed by atoms with Crippen LogP contribution in [0.2, 0.25) is 0 Å². The van der Waals surface area contributed by atoms with Crippen molar-refractivity contribution in [3.63, 3.8) is 0 Å². The normalized spacial score (nSPS) is 12.0. The van der Waals surface area contributed by atoms with E-state index in [2.05, 4.69) is 20.7 Å². The molecular formula is C31H30N4O5S. The second-order valence-corrected chi connectivity index (χ2v) is 10.8. The van der Waals surface area contributed by atoms with E-state index in [-0.39, 0.29) is 25.0 Å². The van der Waals surface area contributed by atoms with E-state index >= 15 is 0 Å². The molecule has 0 aliphatic carbocycles. The van der Waals surface area contributed by atoms with Crippen molar-refractivity contribution >= 4 is 44.2 Å².